The minimum atomic E-state index is 0.346. The summed E-state index contributed by atoms with van der Waals surface area (Å²) >= 11 is 0. The van der Waals surface area contributed by atoms with Crippen molar-refractivity contribution in [1.29, 1.82) is 0 Å². The van der Waals surface area contributed by atoms with E-state index in [0.717, 1.165) is 30.6 Å². The molecule has 0 bridgehead atoms. The lowest BCUT2D eigenvalue weighted by Crippen LogP contribution is -2.45. The van der Waals surface area contributed by atoms with Crippen molar-refractivity contribution in [2.45, 2.75) is 65.2 Å². The van der Waals surface area contributed by atoms with Crippen molar-refractivity contribution in [2.75, 3.05) is 0 Å². The number of hydrogen-bond acceptors (Lipinski definition) is 1. The molecule has 0 spiro atoms. The molecule has 0 heterocycles. The highest BCUT2D eigenvalue weighted by molar-refractivity contribution is 5.91. The lowest BCUT2D eigenvalue weighted by Gasteiger charge is -2.54. The molecular weight excluding hydrogens is 244 g/mol. The Bertz CT molecular complexity index is 524. The maximum atomic E-state index is 11.8. The van der Waals surface area contributed by atoms with Crippen LogP contribution in [0.15, 0.2) is 22.8 Å². The Morgan fingerprint density at radius 2 is 1.95 bits per heavy atom. The number of ketones is 1. The van der Waals surface area contributed by atoms with Crippen LogP contribution in [0.25, 0.3) is 0 Å². The van der Waals surface area contributed by atoms with Crippen LogP contribution in [-0.2, 0) is 4.79 Å². The molecule has 108 valence electrons. The fourth-order valence-electron chi connectivity index (χ4n) is 5.97. The van der Waals surface area contributed by atoms with Crippen LogP contribution in [0.4, 0.5) is 0 Å². The first kappa shape index (κ1) is 12.9. The molecule has 4 aliphatic carbocycles. The molecular formula is C19H26O. The van der Waals surface area contributed by atoms with E-state index in [1.807, 2.05) is 11.6 Å². The number of carbonyl (C=O) groups is 1. The molecule has 0 aliphatic heterocycles. The highest BCUT2D eigenvalue weighted by Gasteiger charge is 2.51. The van der Waals surface area contributed by atoms with E-state index < -0.39 is 0 Å². The Hall–Kier alpha value is -0.850. The van der Waals surface area contributed by atoms with Crippen LogP contribution < -0.4 is 0 Å². The molecule has 4 atom stereocenters. The van der Waals surface area contributed by atoms with E-state index in [2.05, 4.69) is 13.8 Å². The molecule has 1 heteroatoms. The SMILES string of the molecule is CC1=C2CCC3C(CCC4=CC(=O)CC[C@@]43C)C2CC1. The number of fused-ring (bicyclic) bond motifs is 5. The minimum absolute atomic E-state index is 0.346. The molecule has 0 saturated heterocycles. The van der Waals surface area contributed by atoms with Gasteiger partial charge in [0.1, 0.15) is 0 Å². The lowest BCUT2D eigenvalue weighted by molar-refractivity contribution is -0.116. The summed E-state index contributed by atoms with van der Waals surface area (Å²) in [6, 6.07) is 0. The predicted molar refractivity (Wildman–Crippen MR) is 81.3 cm³/mol. The third-order valence-electron chi connectivity index (χ3n) is 7.11. The van der Waals surface area contributed by atoms with E-state index in [9.17, 15) is 4.79 Å². The highest BCUT2D eigenvalue weighted by atomic mass is 16.1. The Morgan fingerprint density at radius 1 is 1.10 bits per heavy atom. The van der Waals surface area contributed by atoms with Gasteiger partial charge in [-0.1, -0.05) is 23.6 Å². The molecule has 0 radical (unpaired) electrons. The zero-order valence-corrected chi connectivity index (χ0v) is 12.9. The van der Waals surface area contributed by atoms with Gasteiger partial charge < -0.3 is 0 Å². The second kappa shape index (κ2) is 4.32. The Kier molecular flexibility index (Phi) is 2.78. The van der Waals surface area contributed by atoms with Crippen molar-refractivity contribution in [3.05, 3.63) is 22.8 Å². The van der Waals surface area contributed by atoms with Crippen LogP contribution in [-0.4, -0.2) is 5.78 Å². The van der Waals surface area contributed by atoms with Gasteiger partial charge in [-0.2, -0.15) is 0 Å². The normalized spacial score (nSPS) is 43.8. The van der Waals surface area contributed by atoms with Crippen LogP contribution in [0.2, 0.25) is 0 Å². The van der Waals surface area contributed by atoms with Crippen molar-refractivity contribution in [3.8, 4) is 0 Å². The smallest absolute Gasteiger partial charge is 0.155 e. The van der Waals surface area contributed by atoms with Gasteiger partial charge in [0.05, 0.1) is 0 Å². The minimum Gasteiger partial charge on any atom is -0.295 e. The molecule has 20 heavy (non-hydrogen) atoms. The van der Waals surface area contributed by atoms with Gasteiger partial charge in [0.15, 0.2) is 5.78 Å². The molecule has 3 unspecified atom stereocenters. The first-order chi connectivity index (χ1) is 9.59. The Balaban J connectivity index is 1.70. The molecule has 1 nitrogen and oxygen atoms in total. The largest absolute Gasteiger partial charge is 0.295 e. The summed E-state index contributed by atoms with van der Waals surface area (Å²) in [5.74, 6) is 3.02. The fourth-order valence-corrected chi connectivity index (χ4v) is 5.97. The lowest BCUT2D eigenvalue weighted by atomic mass is 9.50. The van der Waals surface area contributed by atoms with Crippen LogP contribution in [0, 0.1) is 23.2 Å². The average Bonchev–Trinajstić information content (AvgIpc) is 2.82. The van der Waals surface area contributed by atoms with Crippen LogP contribution >= 0.6 is 0 Å². The molecule has 2 fully saturated rings. The maximum absolute atomic E-state index is 11.8. The van der Waals surface area contributed by atoms with Crippen LogP contribution in [0.5, 0.6) is 0 Å². The molecule has 0 N–H and O–H groups in total. The summed E-state index contributed by atoms with van der Waals surface area (Å²) in [5, 5.41) is 0. The number of carbonyl (C=O) groups excluding carboxylic acids is 1. The molecule has 0 aromatic heterocycles. The molecule has 2 saturated carbocycles. The van der Waals surface area contributed by atoms with E-state index >= 15 is 0 Å². The average molecular weight is 270 g/mol. The van der Waals surface area contributed by atoms with Crippen molar-refractivity contribution in [1.82, 2.24) is 0 Å². The monoisotopic (exact) mass is 270 g/mol. The van der Waals surface area contributed by atoms with Crippen molar-refractivity contribution in [2.24, 2.45) is 23.2 Å². The summed E-state index contributed by atoms with van der Waals surface area (Å²) in [6.45, 7) is 4.84. The first-order valence-corrected chi connectivity index (χ1v) is 8.52. The van der Waals surface area contributed by atoms with Gasteiger partial charge in [0.25, 0.3) is 0 Å². The van der Waals surface area contributed by atoms with Gasteiger partial charge in [-0.05, 0) is 81.1 Å². The second-order valence-electron chi connectivity index (χ2n) is 7.85. The van der Waals surface area contributed by atoms with Gasteiger partial charge >= 0.3 is 0 Å². The van der Waals surface area contributed by atoms with Gasteiger partial charge in [0.2, 0.25) is 0 Å². The van der Waals surface area contributed by atoms with E-state index in [1.54, 1.807) is 5.57 Å². The maximum Gasteiger partial charge on any atom is 0.155 e. The third kappa shape index (κ3) is 1.64. The fraction of sp³-hybridized carbons (Fsp3) is 0.737. The van der Waals surface area contributed by atoms with E-state index in [0.29, 0.717) is 11.2 Å². The standard InChI is InChI=1S/C19H26O/c1-12-3-5-16-15(12)7-8-18-17(16)6-4-13-11-14(20)9-10-19(13,18)2/h11,16-18H,3-10H2,1-2H3/t16?,17?,18?,19-/m0/s1. The second-order valence-corrected chi connectivity index (χ2v) is 7.85. The Morgan fingerprint density at radius 3 is 2.80 bits per heavy atom. The van der Waals surface area contributed by atoms with Crippen molar-refractivity contribution >= 4 is 5.78 Å². The Labute approximate surface area is 122 Å². The van der Waals surface area contributed by atoms with Gasteiger partial charge in [0, 0.05) is 6.42 Å². The number of allylic oxidation sites excluding steroid dienone is 4. The summed E-state index contributed by atoms with van der Waals surface area (Å²) in [5.41, 5.74) is 5.38. The summed E-state index contributed by atoms with van der Waals surface area (Å²) < 4.78 is 0. The molecule has 0 aromatic carbocycles. The first-order valence-electron chi connectivity index (χ1n) is 8.52. The van der Waals surface area contributed by atoms with Crippen molar-refractivity contribution < 1.29 is 4.79 Å². The topological polar surface area (TPSA) is 17.1 Å². The van der Waals surface area contributed by atoms with E-state index in [4.69, 9.17) is 0 Å². The highest BCUT2D eigenvalue weighted by Crippen LogP contribution is 2.61. The van der Waals surface area contributed by atoms with E-state index in [1.165, 1.54) is 44.1 Å². The molecule has 4 aliphatic rings. The summed E-state index contributed by atoms with van der Waals surface area (Å²) in [7, 11) is 0. The molecule has 4 rings (SSSR count). The predicted octanol–water partition coefficient (Wildman–Crippen LogP) is 4.83. The zero-order chi connectivity index (χ0) is 13.9. The number of rotatable bonds is 0. The van der Waals surface area contributed by atoms with E-state index in [-0.39, 0.29) is 0 Å². The molecule has 0 amide bonds. The summed E-state index contributed by atoms with van der Waals surface area (Å²) in [4.78, 5) is 11.8. The van der Waals surface area contributed by atoms with Crippen LogP contribution in [0.1, 0.15) is 65.2 Å². The van der Waals surface area contributed by atoms with Crippen LogP contribution in [0.3, 0.4) is 0 Å². The van der Waals surface area contributed by atoms with Gasteiger partial charge in [-0.15, -0.1) is 0 Å². The number of hydrogen-bond donors (Lipinski definition) is 0. The zero-order valence-electron chi connectivity index (χ0n) is 12.9. The van der Waals surface area contributed by atoms with Crippen molar-refractivity contribution in [3.63, 3.8) is 0 Å². The van der Waals surface area contributed by atoms with Gasteiger partial charge in [-0.25, -0.2) is 0 Å². The molecule has 0 aromatic rings. The van der Waals surface area contributed by atoms with Gasteiger partial charge in [-0.3, -0.25) is 4.79 Å². The third-order valence-corrected chi connectivity index (χ3v) is 7.11. The quantitative estimate of drug-likeness (QED) is 0.576. The summed E-state index contributed by atoms with van der Waals surface area (Å²) in [6.07, 6.45) is 11.9.